The van der Waals surface area contributed by atoms with Gasteiger partial charge >= 0.3 is 5.97 Å². The van der Waals surface area contributed by atoms with Crippen LogP contribution in [-0.2, 0) is 19.6 Å². The van der Waals surface area contributed by atoms with E-state index in [0.29, 0.717) is 18.5 Å². The van der Waals surface area contributed by atoms with Crippen molar-refractivity contribution in [3.63, 3.8) is 0 Å². The molecular formula is C16H23N3O6S. The van der Waals surface area contributed by atoms with Crippen LogP contribution < -0.4 is 0 Å². The molecule has 0 bridgehead atoms. The highest BCUT2D eigenvalue weighted by Crippen LogP contribution is 2.44. The summed E-state index contributed by atoms with van der Waals surface area (Å²) in [5, 5.41) is 13.1. The Kier molecular flexibility index (Phi) is 4.82. The maximum Gasteiger partial charge on any atom is 0.310 e. The van der Waals surface area contributed by atoms with E-state index in [0.717, 1.165) is 6.42 Å². The van der Waals surface area contributed by atoms with Gasteiger partial charge in [0.05, 0.1) is 5.41 Å². The minimum Gasteiger partial charge on any atom is -0.481 e. The van der Waals surface area contributed by atoms with Crippen molar-refractivity contribution in [1.82, 2.24) is 14.4 Å². The van der Waals surface area contributed by atoms with Gasteiger partial charge in [-0.05, 0) is 26.7 Å². The number of piperazine rings is 1. The number of amides is 1. The van der Waals surface area contributed by atoms with E-state index in [9.17, 15) is 23.1 Å². The first-order chi connectivity index (χ1) is 12.2. The quantitative estimate of drug-likeness (QED) is 0.794. The lowest BCUT2D eigenvalue weighted by Gasteiger charge is -2.40. The predicted octanol–water partition coefficient (Wildman–Crippen LogP) is 0.769. The topological polar surface area (TPSA) is 121 Å². The second-order valence-electron chi connectivity index (χ2n) is 7.05. The molecule has 1 saturated heterocycles. The Labute approximate surface area is 152 Å². The summed E-state index contributed by atoms with van der Waals surface area (Å²) in [4.78, 5) is 25.5. The van der Waals surface area contributed by atoms with E-state index in [2.05, 4.69) is 5.16 Å². The monoisotopic (exact) mass is 385 g/mol. The molecule has 1 amide bonds. The molecule has 1 aromatic heterocycles. The van der Waals surface area contributed by atoms with Gasteiger partial charge in [-0.25, -0.2) is 8.42 Å². The van der Waals surface area contributed by atoms with E-state index in [1.54, 1.807) is 18.7 Å². The smallest absolute Gasteiger partial charge is 0.310 e. The zero-order chi connectivity index (χ0) is 19.1. The zero-order valence-corrected chi connectivity index (χ0v) is 15.7. The maximum atomic E-state index is 12.8. The summed E-state index contributed by atoms with van der Waals surface area (Å²) in [6, 6.07) is 0. The van der Waals surface area contributed by atoms with Gasteiger partial charge in [0, 0.05) is 32.6 Å². The highest BCUT2D eigenvalue weighted by Gasteiger charge is 2.47. The maximum absolute atomic E-state index is 12.8. The van der Waals surface area contributed by atoms with Gasteiger partial charge in [-0.15, -0.1) is 0 Å². The van der Waals surface area contributed by atoms with Crippen LogP contribution in [0.3, 0.4) is 0 Å². The molecule has 2 heterocycles. The summed E-state index contributed by atoms with van der Waals surface area (Å²) in [5.74, 6) is -0.896. The molecule has 1 N–H and O–H groups in total. The lowest BCUT2D eigenvalue weighted by molar-refractivity contribution is -0.159. The van der Waals surface area contributed by atoms with Gasteiger partial charge < -0.3 is 14.5 Å². The van der Waals surface area contributed by atoms with E-state index in [1.165, 1.54) is 4.31 Å². The average molecular weight is 385 g/mol. The first-order valence-electron chi connectivity index (χ1n) is 8.61. The van der Waals surface area contributed by atoms with Crippen LogP contribution in [0.5, 0.6) is 0 Å². The van der Waals surface area contributed by atoms with Crippen LogP contribution >= 0.6 is 0 Å². The summed E-state index contributed by atoms with van der Waals surface area (Å²) in [7, 11) is -3.73. The van der Waals surface area contributed by atoms with Gasteiger partial charge in [0.15, 0.2) is 5.76 Å². The number of aliphatic carboxylic acids is 1. The molecule has 9 nitrogen and oxygen atoms in total. The Bertz CT molecular complexity index is 800. The zero-order valence-electron chi connectivity index (χ0n) is 14.9. The number of hydrogen-bond acceptors (Lipinski definition) is 6. The van der Waals surface area contributed by atoms with Crippen molar-refractivity contribution in [1.29, 1.82) is 0 Å². The van der Waals surface area contributed by atoms with Gasteiger partial charge in [-0.3, -0.25) is 9.59 Å². The summed E-state index contributed by atoms with van der Waals surface area (Å²) in [6.07, 6.45) is 1.85. The number of carboxylic acid groups (broad SMARTS) is 1. The molecular weight excluding hydrogens is 362 g/mol. The molecule has 0 unspecified atom stereocenters. The predicted molar refractivity (Wildman–Crippen MR) is 89.9 cm³/mol. The largest absolute Gasteiger partial charge is 0.481 e. The Morgan fingerprint density at radius 1 is 1.19 bits per heavy atom. The number of rotatable bonds is 5. The van der Waals surface area contributed by atoms with Crippen molar-refractivity contribution in [2.45, 2.75) is 44.4 Å². The molecule has 0 radical (unpaired) electrons. The van der Waals surface area contributed by atoms with E-state index >= 15 is 0 Å². The molecule has 0 atom stereocenters. The molecule has 3 rings (SSSR count). The van der Waals surface area contributed by atoms with Crippen LogP contribution in [0.25, 0.3) is 0 Å². The first kappa shape index (κ1) is 18.8. The van der Waals surface area contributed by atoms with Crippen LogP contribution in [0.2, 0.25) is 0 Å². The van der Waals surface area contributed by atoms with E-state index in [4.69, 9.17) is 4.52 Å². The molecule has 1 aliphatic carbocycles. The first-order valence-corrected chi connectivity index (χ1v) is 10.1. The molecule has 1 saturated carbocycles. The number of carboxylic acids is 1. The van der Waals surface area contributed by atoms with Crippen LogP contribution in [0.15, 0.2) is 9.42 Å². The summed E-state index contributed by atoms with van der Waals surface area (Å²) in [5.41, 5.74) is -0.619. The van der Waals surface area contributed by atoms with E-state index < -0.39 is 21.4 Å². The summed E-state index contributed by atoms with van der Waals surface area (Å²) < 4.78 is 31.8. The average Bonchev–Trinajstić information content (AvgIpc) is 2.89. The van der Waals surface area contributed by atoms with Crippen LogP contribution in [-0.4, -0.2) is 65.9 Å². The fourth-order valence-electron chi connectivity index (χ4n) is 3.62. The van der Waals surface area contributed by atoms with E-state index in [-0.39, 0.29) is 49.2 Å². The van der Waals surface area contributed by atoms with Crippen molar-refractivity contribution >= 4 is 21.9 Å². The number of carbonyl (C=O) groups excluding carboxylic acids is 1. The Morgan fingerprint density at radius 2 is 1.81 bits per heavy atom. The fraction of sp³-hybridized carbons (Fsp3) is 0.688. The van der Waals surface area contributed by atoms with Crippen molar-refractivity contribution in [3.8, 4) is 0 Å². The molecule has 1 aromatic rings. The molecule has 2 aliphatic rings. The second kappa shape index (κ2) is 6.66. The van der Waals surface area contributed by atoms with Crippen molar-refractivity contribution in [3.05, 3.63) is 11.5 Å². The van der Waals surface area contributed by atoms with Gasteiger partial charge in [0.1, 0.15) is 10.6 Å². The number of hydrogen-bond donors (Lipinski definition) is 1. The van der Waals surface area contributed by atoms with Crippen molar-refractivity contribution in [2.75, 3.05) is 26.2 Å². The minimum absolute atomic E-state index is 0.0149. The molecule has 26 heavy (non-hydrogen) atoms. The number of carbonyl (C=O) groups is 2. The molecule has 1 aliphatic heterocycles. The SMILES string of the molecule is Cc1noc(C)c1S(=O)(=O)N1CCN(C(=O)CC2(C(=O)O)CCC2)CC1. The molecule has 0 aromatic carbocycles. The number of aromatic nitrogens is 1. The second-order valence-corrected chi connectivity index (χ2v) is 8.93. The molecule has 144 valence electrons. The standard InChI is InChI=1S/C16H23N3O6S/c1-11-14(12(2)25-17-11)26(23,24)19-8-6-18(7-9-19)13(20)10-16(15(21)22)4-3-5-16/h3-10H2,1-2H3,(H,21,22). The normalized spacial score (nSPS) is 20.6. The summed E-state index contributed by atoms with van der Waals surface area (Å²) >= 11 is 0. The van der Waals surface area contributed by atoms with Gasteiger partial charge in [-0.1, -0.05) is 11.6 Å². The fourth-order valence-corrected chi connectivity index (χ4v) is 5.33. The highest BCUT2D eigenvalue weighted by atomic mass is 32.2. The van der Waals surface area contributed by atoms with Gasteiger partial charge in [0.25, 0.3) is 0 Å². The lowest BCUT2D eigenvalue weighted by Crippen LogP contribution is -2.52. The Balaban J connectivity index is 1.64. The van der Waals surface area contributed by atoms with Gasteiger partial charge in [0.2, 0.25) is 15.9 Å². The minimum atomic E-state index is -3.73. The third-order valence-corrected chi connectivity index (χ3v) is 7.55. The Hall–Kier alpha value is -1.94. The number of sulfonamides is 1. The highest BCUT2D eigenvalue weighted by molar-refractivity contribution is 7.89. The number of aryl methyl sites for hydroxylation is 2. The van der Waals surface area contributed by atoms with E-state index in [1.807, 2.05) is 0 Å². The Morgan fingerprint density at radius 3 is 2.23 bits per heavy atom. The summed E-state index contributed by atoms with van der Waals surface area (Å²) in [6.45, 7) is 3.95. The third kappa shape index (κ3) is 3.11. The number of nitrogens with zero attached hydrogens (tertiary/aromatic N) is 3. The van der Waals surface area contributed by atoms with Crippen molar-refractivity contribution < 1.29 is 27.6 Å². The lowest BCUT2D eigenvalue weighted by atomic mass is 9.66. The van der Waals surface area contributed by atoms with Crippen LogP contribution in [0.4, 0.5) is 0 Å². The van der Waals surface area contributed by atoms with Crippen molar-refractivity contribution in [2.24, 2.45) is 5.41 Å². The molecule has 10 heteroatoms. The molecule has 0 spiro atoms. The van der Waals surface area contributed by atoms with Gasteiger partial charge in [-0.2, -0.15) is 4.31 Å². The third-order valence-electron chi connectivity index (χ3n) is 5.41. The van der Waals surface area contributed by atoms with Crippen LogP contribution in [0, 0.1) is 19.3 Å². The van der Waals surface area contributed by atoms with Crippen LogP contribution in [0.1, 0.15) is 37.1 Å². The molecule has 2 fully saturated rings.